The third-order valence-corrected chi connectivity index (χ3v) is 4.80. The first-order chi connectivity index (χ1) is 7.69. The highest BCUT2D eigenvalue weighted by Crippen LogP contribution is 2.41. The van der Waals surface area contributed by atoms with Gasteiger partial charge in [-0.1, -0.05) is 66.2 Å². The van der Waals surface area contributed by atoms with Crippen molar-refractivity contribution >= 4 is 0 Å². The van der Waals surface area contributed by atoms with Gasteiger partial charge in [0, 0.05) is 0 Å². The van der Waals surface area contributed by atoms with Crippen molar-refractivity contribution in [2.75, 3.05) is 0 Å². The van der Waals surface area contributed by atoms with Gasteiger partial charge in [0.05, 0.1) is 0 Å². The molecule has 0 heteroatoms. The van der Waals surface area contributed by atoms with E-state index in [0.717, 1.165) is 23.7 Å². The zero-order valence-corrected chi connectivity index (χ0v) is 12.0. The summed E-state index contributed by atoms with van der Waals surface area (Å²) in [4.78, 5) is 0. The summed E-state index contributed by atoms with van der Waals surface area (Å²) < 4.78 is 0. The summed E-state index contributed by atoms with van der Waals surface area (Å²) >= 11 is 0. The Bertz CT molecular complexity index is 173. The van der Waals surface area contributed by atoms with Crippen LogP contribution in [-0.2, 0) is 0 Å². The summed E-state index contributed by atoms with van der Waals surface area (Å²) in [5.74, 6) is 4.02. The van der Waals surface area contributed by atoms with Crippen molar-refractivity contribution in [3.63, 3.8) is 0 Å². The van der Waals surface area contributed by atoms with E-state index in [-0.39, 0.29) is 0 Å². The zero-order chi connectivity index (χ0) is 12.0. The Balaban J connectivity index is 2.30. The van der Waals surface area contributed by atoms with Crippen LogP contribution in [0.3, 0.4) is 0 Å². The average Bonchev–Trinajstić information content (AvgIpc) is 2.74. The van der Waals surface area contributed by atoms with Crippen LogP contribution in [0.25, 0.3) is 0 Å². The predicted octanol–water partition coefficient (Wildman–Crippen LogP) is 5.67. The maximum Gasteiger partial charge on any atom is -0.0360 e. The second kappa shape index (κ2) is 7.35. The molecule has 0 aromatic heterocycles. The molecule has 0 bridgehead atoms. The van der Waals surface area contributed by atoms with Crippen molar-refractivity contribution in [1.29, 1.82) is 0 Å². The fraction of sp³-hybridized carbons (Fsp3) is 1.00. The quantitative estimate of drug-likeness (QED) is 0.523. The second-order valence-corrected chi connectivity index (χ2v) is 6.22. The molecular weight excluding hydrogens is 192 g/mol. The van der Waals surface area contributed by atoms with E-state index in [4.69, 9.17) is 0 Å². The van der Waals surface area contributed by atoms with Gasteiger partial charge in [0.15, 0.2) is 0 Å². The normalized spacial score (nSPS) is 29.2. The van der Waals surface area contributed by atoms with E-state index in [1.165, 1.54) is 51.4 Å². The molecule has 0 nitrogen and oxygen atoms in total. The Morgan fingerprint density at radius 3 is 2.50 bits per heavy atom. The van der Waals surface area contributed by atoms with Crippen molar-refractivity contribution in [2.24, 2.45) is 23.7 Å². The van der Waals surface area contributed by atoms with Gasteiger partial charge in [0.1, 0.15) is 0 Å². The molecule has 0 aromatic rings. The summed E-state index contributed by atoms with van der Waals surface area (Å²) in [6.45, 7) is 9.67. The van der Waals surface area contributed by atoms with Crippen LogP contribution in [0.5, 0.6) is 0 Å². The molecule has 4 atom stereocenters. The Kier molecular flexibility index (Phi) is 6.46. The van der Waals surface area contributed by atoms with Gasteiger partial charge >= 0.3 is 0 Å². The Labute approximate surface area is 103 Å². The van der Waals surface area contributed by atoms with Gasteiger partial charge in [0.2, 0.25) is 0 Å². The number of hydrogen-bond acceptors (Lipinski definition) is 0. The lowest BCUT2D eigenvalue weighted by Gasteiger charge is -2.27. The topological polar surface area (TPSA) is 0 Å². The Morgan fingerprint density at radius 1 is 1.12 bits per heavy atom. The minimum atomic E-state index is 0.952. The average molecular weight is 224 g/mol. The Hall–Kier alpha value is 0. The third-order valence-electron chi connectivity index (χ3n) is 4.80. The van der Waals surface area contributed by atoms with Gasteiger partial charge in [-0.05, 0) is 36.5 Å². The number of hydrogen-bond donors (Lipinski definition) is 0. The molecular formula is C16H32. The molecule has 0 saturated heterocycles. The maximum atomic E-state index is 2.51. The van der Waals surface area contributed by atoms with Gasteiger partial charge in [-0.15, -0.1) is 0 Å². The minimum Gasteiger partial charge on any atom is -0.0654 e. The molecule has 0 radical (unpaired) electrons. The van der Waals surface area contributed by atoms with Crippen molar-refractivity contribution in [3.05, 3.63) is 0 Å². The van der Waals surface area contributed by atoms with Crippen molar-refractivity contribution in [2.45, 2.75) is 79.1 Å². The van der Waals surface area contributed by atoms with E-state index in [1.54, 1.807) is 0 Å². The number of rotatable bonds is 7. The highest BCUT2D eigenvalue weighted by molar-refractivity contribution is 4.81. The molecule has 4 unspecified atom stereocenters. The summed E-state index contributed by atoms with van der Waals surface area (Å²) in [5, 5.41) is 0. The van der Waals surface area contributed by atoms with Crippen molar-refractivity contribution < 1.29 is 0 Å². The highest BCUT2D eigenvalue weighted by Gasteiger charge is 2.30. The zero-order valence-electron chi connectivity index (χ0n) is 12.0. The van der Waals surface area contributed by atoms with E-state index < -0.39 is 0 Å². The van der Waals surface area contributed by atoms with Crippen LogP contribution in [0.1, 0.15) is 79.1 Å². The lowest BCUT2D eigenvalue weighted by atomic mass is 9.78. The standard InChI is InChI=1S/C16H32/c1-5-7-9-13(3)12-14(4)16-11-8-10-15(16)6-2/h13-16H,5-12H2,1-4H3. The van der Waals surface area contributed by atoms with Gasteiger partial charge in [-0.25, -0.2) is 0 Å². The lowest BCUT2D eigenvalue weighted by Crippen LogP contribution is -2.18. The smallest absolute Gasteiger partial charge is 0.0360 e. The largest absolute Gasteiger partial charge is 0.0654 e. The lowest BCUT2D eigenvalue weighted by molar-refractivity contribution is 0.229. The minimum absolute atomic E-state index is 0.952. The summed E-state index contributed by atoms with van der Waals surface area (Å²) in [6.07, 6.45) is 11.6. The summed E-state index contributed by atoms with van der Waals surface area (Å²) in [7, 11) is 0. The molecule has 0 aromatic carbocycles. The molecule has 0 aliphatic heterocycles. The van der Waals surface area contributed by atoms with Crippen LogP contribution in [0.4, 0.5) is 0 Å². The van der Waals surface area contributed by atoms with E-state index in [9.17, 15) is 0 Å². The molecule has 0 heterocycles. The molecule has 16 heavy (non-hydrogen) atoms. The summed E-state index contributed by atoms with van der Waals surface area (Å²) in [5.41, 5.74) is 0. The van der Waals surface area contributed by atoms with Crippen LogP contribution >= 0.6 is 0 Å². The van der Waals surface area contributed by atoms with Gasteiger partial charge in [-0.3, -0.25) is 0 Å². The molecule has 0 spiro atoms. The molecule has 1 aliphatic rings. The molecule has 1 saturated carbocycles. The van der Waals surface area contributed by atoms with Crippen LogP contribution in [0.2, 0.25) is 0 Å². The SMILES string of the molecule is CCCCC(C)CC(C)C1CCCC1CC. The molecule has 96 valence electrons. The first kappa shape index (κ1) is 14.1. The van der Waals surface area contributed by atoms with Crippen LogP contribution in [0, 0.1) is 23.7 Å². The molecule has 0 amide bonds. The van der Waals surface area contributed by atoms with E-state index in [2.05, 4.69) is 27.7 Å². The van der Waals surface area contributed by atoms with Crippen LogP contribution < -0.4 is 0 Å². The third kappa shape index (κ3) is 4.11. The predicted molar refractivity (Wildman–Crippen MR) is 73.6 cm³/mol. The molecule has 1 fully saturated rings. The van der Waals surface area contributed by atoms with E-state index in [0.29, 0.717) is 0 Å². The van der Waals surface area contributed by atoms with E-state index >= 15 is 0 Å². The fourth-order valence-electron chi connectivity index (χ4n) is 3.80. The van der Waals surface area contributed by atoms with Crippen LogP contribution in [0.15, 0.2) is 0 Å². The maximum absolute atomic E-state index is 2.51. The summed E-state index contributed by atoms with van der Waals surface area (Å²) in [6, 6.07) is 0. The first-order valence-electron chi connectivity index (χ1n) is 7.69. The first-order valence-corrected chi connectivity index (χ1v) is 7.69. The highest BCUT2D eigenvalue weighted by atomic mass is 14.4. The van der Waals surface area contributed by atoms with Crippen LogP contribution in [-0.4, -0.2) is 0 Å². The van der Waals surface area contributed by atoms with Gasteiger partial charge in [0.25, 0.3) is 0 Å². The van der Waals surface area contributed by atoms with Crippen molar-refractivity contribution in [1.82, 2.24) is 0 Å². The fourth-order valence-corrected chi connectivity index (χ4v) is 3.80. The van der Waals surface area contributed by atoms with Gasteiger partial charge in [-0.2, -0.15) is 0 Å². The monoisotopic (exact) mass is 224 g/mol. The van der Waals surface area contributed by atoms with Crippen molar-refractivity contribution in [3.8, 4) is 0 Å². The number of unbranched alkanes of at least 4 members (excludes halogenated alkanes) is 1. The van der Waals surface area contributed by atoms with Gasteiger partial charge < -0.3 is 0 Å². The second-order valence-electron chi connectivity index (χ2n) is 6.22. The molecule has 0 N–H and O–H groups in total. The Morgan fingerprint density at radius 2 is 1.88 bits per heavy atom. The van der Waals surface area contributed by atoms with E-state index in [1.807, 2.05) is 0 Å². The molecule has 1 rings (SSSR count). The molecule has 1 aliphatic carbocycles.